The van der Waals surface area contributed by atoms with Crippen LogP contribution in [0, 0.1) is 0 Å². The third-order valence-electron chi connectivity index (χ3n) is 4.80. The topological polar surface area (TPSA) is 46.9 Å². The van der Waals surface area contributed by atoms with E-state index in [1.54, 1.807) is 4.57 Å². The van der Waals surface area contributed by atoms with Gasteiger partial charge in [0.05, 0.1) is 11.1 Å². The fraction of sp³-hybridized carbons (Fsp3) is 0.500. The average Bonchev–Trinajstić information content (AvgIpc) is 3.02. The molecule has 1 N–H and O–H groups in total. The Hall–Kier alpha value is -2.52. The maximum Gasteiger partial charge on any atom is 0.416 e. The number of aryl methyl sites for hydroxylation is 1. The number of nitrogens with one attached hydrogen (secondary N) is 1. The zero-order valence-electron chi connectivity index (χ0n) is 16.6. The van der Waals surface area contributed by atoms with Gasteiger partial charge < -0.3 is 9.88 Å². The summed E-state index contributed by atoms with van der Waals surface area (Å²) in [5.41, 5.74) is -2.99. The van der Waals surface area contributed by atoms with Gasteiger partial charge in [-0.3, -0.25) is 4.79 Å². The number of nitrogens with zero attached hydrogens (tertiary/aromatic N) is 2. The van der Waals surface area contributed by atoms with Crippen LogP contribution in [0.1, 0.15) is 66.1 Å². The molecule has 0 radical (unpaired) electrons. The van der Waals surface area contributed by atoms with Crippen molar-refractivity contribution in [2.75, 3.05) is 0 Å². The first-order valence-corrected chi connectivity index (χ1v) is 9.31. The predicted molar refractivity (Wildman–Crippen MR) is 97.0 cm³/mol. The van der Waals surface area contributed by atoms with Gasteiger partial charge in [-0.1, -0.05) is 0 Å². The Bertz CT molecular complexity index is 921. The first-order valence-electron chi connectivity index (χ1n) is 9.31. The number of carbonyl (C=O) groups is 1. The van der Waals surface area contributed by atoms with Crippen LogP contribution in [0.5, 0.6) is 0 Å². The van der Waals surface area contributed by atoms with Crippen LogP contribution >= 0.6 is 0 Å². The van der Waals surface area contributed by atoms with Gasteiger partial charge in [0.1, 0.15) is 11.5 Å². The minimum atomic E-state index is -4.89. The van der Waals surface area contributed by atoms with E-state index in [2.05, 4.69) is 10.3 Å². The van der Waals surface area contributed by atoms with E-state index < -0.39 is 34.9 Å². The normalized spacial score (nSPS) is 17.6. The third-order valence-corrected chi connectivity index (χ3v) is 4.80. The van der Waals surface area contributed by atoms with Crippen molar-refractivity contribution in [2.45, 2.75) is 64.0 Å². The largest absolute Gasteiger partial charge is 0.416 e. The molecule has 0 bridgehead atoms. The summed E-state index contributed by atoms with van der Waals surface area (Å²) in [7, 11) is 0. The molecule has 1 aromatic heterocycles. The maximum atomic E-state index is 13.1. The first kappa shape index (κ1) is 22.2. The minimum absolute atomic E-state index is 0.0304. The van der Waals surface area contributed by atoms with Crippen molar-refractivity contribution < 1.29 is 31.1 Å². The SMILES string of the molecule is CC(C)(C)NC(=O)c1cn2c(n1)CC[C@@H](c1cc(C(F)(F)F)cc(C(F)(F)F)c1)C2. The zero-order valence-corrected chi connectivity index (χ0v) is 16.6. The standard InChI is InChI=1S/C20H21F6N3O/c1-18(2,3)28-17(30)15-10-29-9-11(4-5-16(29)27-15)12-6-13(19(21,22)23)8-14(7-12)20(24,25)26/h6-8,10-11H,4-5,9H2,1-3H3,(H,28,30)/t11-/m1/s1. The van der Waals surface area contributed by atoms with Crippen LogP contribution in [0.15, 0.2) is 24.4 Å². The van der Waals surface area contributed by atoms with E-state index in [-0.39, 0.29) is 29.8 Å². The van der Waals surface area contributed by atoms with Gasteiger partial charge >= 0.3 is 12.4 Å². The second-order valence-electron chi connectivity index (χ2n) is 8.47. The molecule has 0 saturated carbocycles. The number of hydrogen-bond acceptors (Lipinski definition) is 2. The van der Waals surface area contributed by atoms with E-state index in [1.165, 1.54) is 6.20 Å². The highest BCUT2D eigenvalue weighted by molar-refractivity contribution is 5.92. The summed E-state index contributed by atoms with van der Waals surface area (Å²) in [6.07, 6.45) is -7.62. The second-order valence-corrected chi connectivity index (χ2v) is 8.47. The molecule has 1 aliphatic rings. The molecule has 0 unspecified atom stereocenters. The molecule has 0 saturated heterocycles. The number of carbonyl (C=O) groups excluding carboxylic acids is 1. The molecule has 1 atom stereocenters. The van der Waals surface area contributed by atoms with Gasteiger partial charge in [-0.15, -0.1) is 0 Å². The summed E-state index contributed by atoms with van der Waals surface area (Å²) >= 11 is 0. The Morgan fingerprint density at radius 3 is 2.10 bits per heavy atom. The van der Waals surface area contributed by atoms with Gasteiger partial charge in [-0.2, -0.15) is 26.3 Å². The number of aromatic nitrogens is 2. The van der Waals surface area contributed by atoms with Crippen LogP contribution in [0.3, 0.4) is 0 Å². The van der Waals surface area contributed by atoms with Crippen LogP contribution in [0.2, 0.25) is 0 Å². The van der Waals surface area contributed by atoms with E-state index >= 15 is 0 Å². The molecule has 0 fully saturated rings. The Labute approximate surface area is 169 Å². The second kappa shape index (κ2) is 7.31. The Balaban J connectivity index is 1.91. The molecule has 2 heterocycles. The number of benzene rings is 1. The smallest absolute Gasteiger partial charge is 0.346 e. The highest BCUT2D eigenvalue weighted by Crippen LogP contribution is 2.39. The monoisotopic (exact) mass is 433 g/mol. The quantitative estimate of drug-likeness (QED) is 0.664. The van der Waals surface area contributed by atoms with E-state index in [0.29, 0.717) is 18.7 Å². The minimum Gasteiger partial charge on any atom is -0.346 e. The van der Waals surface area contributed by atoms with Gasteiger partial charge in [0.2, 0.25) is 0 Å². The van der Waals surface area contributed by atoms with Crippen molar-refractivity contribution in [1.82, 2.24) is 14.9 Å². The number of imidazole rings is 1. The van der Waals surface area contributed by atoms with Crippen LogP contribution in [0.4, 0.5) is 26.3 Å². The molecule has 10 heteroatoms. The Morgan fingerprint density at radius 1 is 1.03 bits per heavy atom. The Kier molecular flexibility index (Phi) is 5.41. The lowest BCUT2D eigenvalue weighted by atomic mass is 9.89. The van der Waals surface area contributed by atoms with Crippen molar-refractivity contribution >= 4 is 5.91 Å². The third kappa shape index (κ3) is 4.96. The molecule has 1 aromatic carbocycles. The fourth-order valence-corrected chi connectivity index (χ4v) is 3.44. The van der Waals surface area contributed by atoms with Gasteiger partial charge in [0.15, 0.2) is 0 Å². The summed E-state index contributed by atoms with van der Waals surface area (Å²) in [5.74, 6) is -0.374. The maximum absolute atomic E-state index is 13.1. The molecule has 0 spiro atoms. The van der Waals surface area contributed by atoms with Crippen molar-refractivity contribution in [1.29, 1.82) is 0 Å². The molecule has 4 nitrogen and oxygen atoms in total. The molecular formula is C20H21F6N3O. The summed E-state index contributed by atoms with van der Waals surface area (Å²) in [6, 6.07) is 1.67. The number of halogens is 6. The number of rotatable bonds is 2. The number of fused-ring (bicyclic) bond motifs is 1. The van der Waals surface area contributed by atoms with Gasteiger partial charge in [0.25, 0.3) is 5.91 Å². The van der Waals surface area contributed by atoms with Crippen molar-refractivity contribution in [2.24, 2.45) is 0 Å². The summed E-state index contributed by atoms with van der Waals surface area (Å²) in [5, 5.41) is 2.77. The van der Waals surface area contributed by atoms with Gasteiger partial charge in [-0.25, -0.2) is 4.98 Å². The van der Waals surface area contributed by atoms with E-state index in [4.69, 9.17) is 0 Å². The zero-order chi connectivity index (χ0) is 22.5. The first-order chi connectivity index (χ1) is 13.6. The van der Waals surface area contributed by atoms with Crippen molar-refractivity contribution in [3.63, 3.8) is 0 Å². The summed E-state index contributed by atoms with van der Waals surface area (Å²) in [6.45, 7) is 5.57. The van der Waals surface area contributed by atoms with E-state index in [9.17, 15) is 31.1 Å². The van der Waals surface area contributed by atoms with Crippen LogP contribution in [-0.2, 0) is 25.3 Å². The van der Waals surface area contributed by atoms with Crippen LogP contribution in [-0.4, -0.2) is 21.0 Å². The number of hydrogen-bond donors (Lipinski definition) is 1. The lowest BCUT2D eigenvalue weighted by molar-refractivity contribution is -0.143. The summed E-state index contributed by atoms with van der Waals surface area (Å²) in [4.78, 5) is 16.6. The average molecular weight is 433 g/mol. The van der Waals surface area contributed by atoms with Gasteiger partial charge in [-0.05, 0) is 51.0 Å². The summed E-state index contributed by atoms with van der Waals surface area (Å²) < 4.78 is 80.5. The van der Waals surface area contributed by atoms with Crippen molar-refractivity contribution in [3.05, 3.63) is 52.6 Å². The molecule has 1 aliphatic heterocycles. The number of alkyl halides is 6. The fourth-order valence-electron chi connectivity index (χ4n) is 3.44. The molecule has 1 amide bonds. The lowest BCUT2D eigenvalue weighted by Gasteiger charge is -2.25. The van der Waals surface area contributed by atoms with E-state index in [0.717, 1.165) is 12.1 Å². The molecular weight excluding hydrogens is 412 g/mol. The Morgan fingerprint density at radius 2 is 1.60 bits per heavy atom. The highest BCUT2D eigenvalue weighted by Gasteiger charge is 2.38. The molecule has 3 rings (SSSR count). The molecule has 30 heavy (non-hydrogen) atoms. The lowest BCUT2D eigenvalue weighted by Crippen LogP contribution is -2.40. The predicted octanol–water partition coefficient (Wildman–Crippen LogP) is 5.18. The van der Waals surface area contributed by atoms with Gasteiger partial charge in [0, 0.05) is 30.6 Å². The van der Waals surface area contributed by atoms with E-state index in [1.807, 2.05) is 20.8 Å². The molecule has 164 valence electrons. The van der Waals surface area contributed by atoms with Crippen LogP contribution < -0.4 is 5.32 Å². The molecule has 2 aromatic rings. The highest BCUT2D eigenvalue weighted by atomic mass is 19.4. The molecule has 0 aliphatic carbocycles. The number of amides is 1. The van der Waals surface area contributed by atoms with Crippen molar-refractivity contribution in [3.8, 4) is 0 Å². The van der Waals surface area contributed by atoms with Crippen LogP contribution in [0.25, 0.3) is 0 Å².